The van der Waals surface area contributed by atoms with E-state index in [1.165, 1.54) is 6.34 Å². The molecular formula is C16H23N5O2. The topological polar surface area (TPSA) is 105 Å². The van der Waals surface area contributed by atoms with E-state index >= 15 is 0 Å². The highest BCUT2D eigenvalue weighted by molar-refractivity contribution is 5.87. The Kier molecular flexibility index (Phi) is 5.70. The van der Waals surface area contributed by atoms with E-state index in [0.717, 1.165) is 18.7 Å². The van der Waals surface area contributed by atoms with E-state index in [0.29, 0.717) is 29.0 Å². The van der Waals surface area contributed by atoms with E-state index in [1.807, 2.05) is 19.9 Å². The summed E-state index contributed by atoms with van der Waals surface area (Å²) in [4.78, 5) is 22.9. The van der Waals surface area contributed by atoms with Crippen molar-refractivity contribution in [1.82, 2.24) is 9.97 Å². The third-order valence-electron chi connectivity index (χ3n) is 3.28. The predicted molar refractivity (Wildman–Crippen MR) is 93.6 cm³/mol. The number of aromatic nitrogens is 2. The fourth-order valence-corrected chi connectivity index (χ4v) is 2.16. The number of aryl methyl sites for hydroxylation is 1. The molecule has 4 N–H and O–H groups in total. The molecule has 124 valence electrons. The van der Waals surface area contributed by atoms with Gasteiger partial charge in [0.05, 0.1) is 34.9 Å². The van der Waals surface area contributed by atoms with Gasteiger partial charge in [0.2, 0.25) is 0 Å². The van der Waals surface area contributed by atoms with Gasteiger partial charge in [-0.3, -0.25) is 4.79 Å². The molecule has 7 heteroatoms. The van der Waals surface area contributed by atoms with Gasteiger partial charge in [0.25, 0.3) is 5.56 Å². The van der Waals surface area contributed by atoms with Crippen molar-refractivity contribution in [2.45, 2.75) is 33.3 Å². The Morgan fingerprint density at radius 3 is 2.96 bits per heavy atom. The molecule has 0 saturated heterocycles. The molecule has 0 saturated carbocycles. The highest BCUT2D eigenvalue weighted by atomic mass is 16.5. The number of nitrogens with zero attached hydrogens (tertiary/aromatic N) is 2. The van der Waals surface area contributed by atoms with Crippen molar-refractivity contribution in [1.29, 1.82) is 0 Å². The Labute approximate surface area is 135 Å². The average molecular weight is 317 g/mol. The lowest BCUT2D eigenvalue weighted by Gasteiger charge is -2.12. The number of nitrogens with one attached hydrogen (secondary N) is 2. The Morgan fingerprint density at radius 2 is 2.26 bits per heavy atom. The zero-order valence-electron chi connectivity index (χ0n) is 13.7. The molecule has 0 fully saturated rings. The second-order valence-corrected chi connectivity index (χ2v) is 5.52. The molecule has 0 atom stereocenters. The second-order valence-electron chi connectivity index (χ2n) is 5.52. The van der Waals surface area contributed by atoms with Gasteiger partial charge in [0, 0.05) is 13.2 Å². The van der Waals surface area contributed by atoms with Crippen molar-refractivity contribution >= 4 is 28.7 Å². The number of rotatable bonds is 7. The minimum Gasteiger partial charge on any atom is -0.390 e. The largest absolute Gasteiger partial charge is 0.390 e. The molecule has 0 spiro atoms. The predicted octanol–water partition coefficient (Wildman–Crippen LogP) is 2.08. The molecule has 1 aromatic heterocycles. The number of nitrogens with two attached hydrogens (primary N) is 1. The summed E-state index contributed by atoms with van der Waals surface area (Å²) in [6, 6.07) is 3.63. The van der Waals surface area contributed by atoms with Crippen LogP contribution in [0.5, 0.6) is 0 Å². The number of aromatic amines is 1. The third kappa shape index (κ3) is 4.53. The Balaban J connectivity index is 2.21. The van der Waals surface area contributed by atoms with Crippen molar-refractivity contribution in [3.05, 3.63) is 28.2 Å². The minimum absolute atomic E-state index is 0.202. The molecule has 0 unspecified atom stereocenters. The first-order valence-electron chi connectivity index (χ1n) is 7.65. The lowest BCUT2D eigenvalue weighted by atomic mass is 10.2. The van der Waals surface area contributed by atoms with Crippen LogP contribution in [0, 0.1) is 6.92 Å². The summed E-state index contributed by atoms with van der Waals surface area (Å²) in [5, 5.41) is 3.32. The van der Waals surface area contributed by atoms with Gasteiger partial charge in [0.1, 0.15) is 5.69 Å². The van der Waals surface area contributed by atoms with E-state index in [4.69, 9.17) is 10.5 Å². The molecule has 1 aromatic carbocycles. The first kappa shape index (κ1) is 17.0. The number of benzene rings is 1. The van der Waals surface area contributed by atoms with Gasteiger partial charge in [-0.05, 0) is 39.3 Å². The number of aliphatic imine (C=N–C) groups is 1. The average Bonchev–Trinajstić information content (AvgIpc) is 2.49. The second kappa shape index (κ2) is 7.73. The fourth-order valence-electron chi connectivity index (χ4n) is 2.16. The zero-order chi connectivity index (χ0) is 16.8. The molecule has 23 heavy (non-hydrogen) atoms. The third-order valence-corrected chi connectivity index (χ3v) is 3.28. The highest BCUT2D eigenvalue weighted by Gasteiger charge is 2.07. The monoisotopic (exact) mass is 317 g/mol. The van der Waals surface area contributed by atoms with Crippen LogP contribution in [0.1, 0.15) is 26.0 Å². The van der Waals surface area contributed by atoms with Crippen LogP contribution >= 0.6 is 0 Å². The van der Waals surface area contributed by atoms with Crippen molar-refractivity contribution in [2.75, 3.05) is 18.5 Å². The maximum atomic E-state index is 11.7. The van der Waals surface area contributed by atoms with Crippen molar-refractivity contribution in [2.24, 2.45) is 10.7 Å². The number of H-pyrrole nitrogens is 1. The van der Waals surface area contributed by atoms with Crippen LogP contribution in [-0.2, 0) is 4.74 Å². The van der Waals surface area contributed by atoms with Crippen LogP contribution in [-0.4, -0.2) is 35.6 Å². The lowest BCUT2D eigenvalue weighted by molar-refractivity contribution is 0.0787. The van der Waals surface area contributed by atoms with Gasteiger partial charge in [-0.25, -0.2) is 9.98 Å². The van der Waals surface area contributed by atoms with E-state index < -0.39 is 0 Å². The lowest BCUT2D eigenvalue weighted by Crippen LogP contribution is -2.12. The van der Waals surface area contributed by atoms with Gasteiger partial charge in [-0.1, -0.05) is 0 Å². The Bertz CT molecular complexity index is 752. The van der Waals surface area contributed by atoms with Gasteiger partial charge in [0.15, 0.2) is 0 Å². The maximum absolute atomic E-state index is 11.7. The van der Waals surface area contributed by atoms with Crippen LogP contribution in [0.3, 0.4) is 0 Å². The van der Waals surface area contributed by atoms with Crippen molar-refractivity contribution < 1.29 is 4.74 Å². The van der Waals surface area contributed by atoms with Crippen LogP contribution in [0.15, 0.2) is 21.9 Å². The van der Waals surface area contributed by atoms with Gasteiger partial charge in [-0.2, -0.15) is 0 Å². The quantitative estimate of drug-likeness (QED) is 0.412. The standard InChI is InChI=1S/C16H23N5O2/c1-10(2)23-6-4-5-18-12-7-14-15(8-13(12)19-9-17)21-16(22)11(3)20-14/h7-10,18H,4-6H2,1-3H3,(H2,17,19)(H,21,22). The zero-order valence-corrected chi connectivity index (χ0v) is 13.7. The van der Waals surface area contributed by atoms with Gasteiger partial charge >= 0.3 is 0 Å². The Hall–Kier alpha value is -2.41. The van der Waals surface area contributed by atoms with Crippen LogP contribution < -0.4 is 16.6 Å². The summed E-state index contributed by atoms with van der Waals surface area (Å²) in [6.07, 6.45) is 2.34. The summed E-state index contributed by atoms with van der Waals surface area (Å²) in [7, 11) is 0. The molecule has 2 aromatic rings. The highest BCUT2D eigenvalue weighted by Crippen LogP contribution is 2.28. The Morgan fingerprint density at radius 1 is 1.48 bits per heavy atom. The van der Waals surface area contributed by atoms with Crippen molar-refractivity contribution in [3.8, 4) is 0 Å². The molecule has 0 bridgehead atoms. The number of hydrogen-bond acceptors (Lipinski definition) is 5. The molecule has 2 rings (SSSR count). The van der Waals surface area contributed by atoms with E-state index in [-0.39, 0.29) is 11.7 Å². The van der Waals surface area contributed by atoms with Crippen LogP contribution in [0.4, 0.5) is 11.4 Å². The van der Waals surface area contributed by atoms with Gasteiger partial charge < -0.3 is 20.8 Å². The molecule has 0 radical (unpaired) electrons. The maximum Gasteiger partial charge on any atom is 0.269 e. The van der Waals surface area contributed by atoms with Crippen LogP contribution in [0.25, 0.3) is 11.0 Å². The van der Waals surface area contributed by atoms with Gasteiger partial charge in [-0.15, -0.1) is 0 Å². The minimum atomic E-state index is -0.202. The van der Waals surface area contributed by atoms with E-state index in [9.17, 15) is 4.79 Å². The number of hydrogen-bond donors (Lipinski definition) is 3. The first-order chi connectivity index (χ1) is 11.0. The summed E-state index contributed by atoms with van der Waals surface area (Å²) in [5.41, 5.74) is 8.46. The summed E-state index contributed by atoms with van der Waals surface area (Å²) in [5.74, 6) is 0. The fraction of sp³-hybridized carbons (Fsp3) is 0.438. The number of anilines is 1. The summed E-state index contributed by atoms with van der Waals surface area (Å²) >= 11 is 0. The molecular weight excluding hydrogens is 294 g/mol. The molecule has 7 nitrogen and oxygen atoms in total. The molecule has 0 aliphatic heterocycles. The molecule has 0 aliphatic carbocycles. The molecule has 1 heterocycles. The SMILES string of the molecule is Cc1nc2cc(NCCCOC(C)C)c(N=CN)cc2[nH]c1=O. The van der Waals surface area contributed by atoms with E-state index in [1.54, 1.807) is 13.0 Å². The normalized spacial score (nSPS) is 11.7. The molecule has 0 amide bonds. The summed E-state index contributed by atoms with van der Waals surface area (Å²) < 4.78 is 5.51. The first-order valence-corrected chi connectivity index (χ1v) is 7.65. The summed E-state index contributed by atoms with van der Waals surface area (Å²) in [6.45, 7) is 7.14. The smallest absolute Gasteiger partial charge is 0.269 e. The number of ether oxygens (including phenoxy) is 1. The van der Waals surface area contributed by atoms with Crippen LogP contribution in [0.2, 0.25) is 0 Å². The number of fused-ring (bicyclic) bond motifs is 1. The van der Waals surface area contributed by atoms with E-state index in [2.05, 4.69) is 20.3 Å². The van der Waals surface area contributed by atoms with Crippen molar-refractivity contribution in [3.63, 3.8) is 0 Å². The molecule has 0 aliphatic rings.